The van der Waals surface area contributed by atoms with Crippen molar-refractivity contribution in [2.45, 2.75) is 19.9 Å². The summed E-state index contributed by atoms with van der Waals surface area (Å²) in [4.78, 5) is 0. The lowest BCUT2D eigenvalue weighted by molar-refractivity contribution is 0.478. The van der Waals surface area contributed by atoms with Crippen molar-refractivity contribution in [1.82, 2.24) is 0 Å². The SMILES string of the molecule is Cc1ccccc1Oc1ccc([C@@H](C)N)c(Br)c1. The van der Waals surface area contributed by atoms with Gasteiger partial charge in [0.15, 0.2) is 0 Å². The molecule has 18 heavy (non-hydrogen) atoms. The molecule has 2 N–H and O–H groups in total. The van der Waals surface area contributed by atoms with Crippen LogP contribution in [0.25, 0.3) is 0 Å². The Kier molecular flexibility index (Phi) is 4.04. The van der Waals surface area contributed by atoms with Gasteiger partial charge < -0.3 is 10.5 Å². The van der Waals surface area contributed by atoms with Crippen LogP contribution < -0.4 is 10.5 Å². The highest BCUT2D eigenvalue weighted by Crippen LogP contribution is 2.30. The Bertz CT molecular complexity index is 552. The van der Waals surface area contributed by atoms with Gasteiger partial charge in [-0.25, -0.2) is 0 Å². The molecule has 2 aromatic rings. The van der Waals surface area contributed by atoms with Crippen molar-refractivity contribution in [1.29, 1.82) is 0 Å². The Morgan fingerprint density at radius 3 is 2.50 bits per heavy atom. The van der Waals surface area contributed by atoms with Crippen molar-refractivity contribution in [2.75, 3.05) is 0 Å². The van der Waals surface area contributed by atoms with E-state index in [4.69, 9.17) is 10.5 Å². The topological polar surface area (TPSA) is 35.2 Å². The van der Waals surface area contributed by atoms with Crippen LogP contribution in [0.4, 0.5) is 0 Å². The fourth-order valence-electron chi connectivity index (χ4n) is 1.74. The summed E-state index contributed by atoms with van der Waals surface area (Å²) in [6, 6.07) is 13.8. The molecule has 1 atom stereocenters. The van der Waals surface area contributed by atoms with Gasteiger partial charge in [0.2, 0.25) is 0 Å². The van der Waals surface area contributed by atoms with E-state index < -0.39 is 0 Å². The summed E-state index contributed by atoms with van der Waals surface area (Å²) >= 11 is 3.52. The molecule has 0 aliphatic heterocycles. The Morgan fingerprint density at radius 2 is 1.89 bits per heavy atom. The zero-order valence-electron chi connectivity index (χ0n) is 10.5. The third kappa shape index (κ3) is 2.92. The van der Waals surface area contributed by atoms with Crippen molar-refractivity contribution >= 4 is 15.9 Å². The first-order valence-corrected chi connectivity index (χ1v) is 6.65. The van der Waals surface area contributed by atoms with Crippen LogP contribution in [0.3, 0.4) is 0 Å². The standard InChI is InChI=1S/C15H16BrNO/c1-10-5-3-4-6-15(10)18-12-7-8-13(11(2)17)14(16)9-12/h3-9,11H,17H2,1-2H3/t11-/m1/s1. The number of halogens is 1. The maximum absolute atomic E-state index is 5.87. The zero-order valence-corrected chi connectivity index (χ0v) is 12.1. The number of nitrogens with two attached hydrogens (primary N) is 1. The van der Waals surface area contributed by atoms with Crippen LogP contribution >= 0.6 is 15.9 Å². The van der Waals surface area contributed by atoms with Crippen molar-refractivity contribution in [3.05, 3.63) is 58.1 Å². The van der Waals surface area contributed by atoms with Gasteiger partial charge in [0.05, 0.1) is 0 Å². The minimum absolute atomic E-state index is 0.00638. The molecule has 3 heteroatoms. The van der Waals surface area contributed by atoms with Crippen LogP contribution in [0, 0.1) is 6.92 Å². The molecule has 0 heterocycles. The molecular formula is C15H16BrNO. The Morgan fingerprint density at radius 1 is 1.17 bits per heavy atom. The number of aryl methyl sites for hydroxylation is 1. The van der Waals surface area contributed by atoms with Gasteiger partial charge in [-0.1, -0.05) is 40.2 Å². The first-order valence-electron chi connectivity index (χ1n) is 5.86. The number of benzene rings is 2. The smallest absolute Gasteiger partial charge is 0.130 e. The van der Waals surface area contributed by atoms with Gasteiger partial charge in [0.25, 0.3) is 0 Å². The summed E-state index contributed by atoms with van der Waals surface area (Å²) < 4.78 is 6.83. The van der Waals surface area contributed by atoms with E-state index in [-0.39, 0.29) is 6.04 Å². The molecule has 0 bridgehead atoms. The van der Waals surface area contributed by atoms with Gasteiger partial charge in [0, 0.05) is 10.5 Å². The monoisotopic (exact) mass is 305 g/mol. The van der Waals surface area contributed by atoms with Gasteiger partial charge in [-0.05, 0) is 43.2 Å². The van der Waals surface area contributed by atoms with E-state index in [0.717, 1.165) is 27.1 Å². The average Bonchev–Trinajstić information content (AvgIpc) is 2.32. The molecule has 0 saturated heterocycles. The minimum Gasteiger partial charge on any atom is -0.457 e. The highest BCUT2D eigenvalue weighted by Gasteiger charge is 2.07. The third-order valence-electron chi connectivity index (χ3n) is 2.78. The first-order chi connectivity index (χ1) is 8.58. The second-order valence-electron chi connectivity index (χ2n) is 4.34. The van der Waals surface area contributed by atoms with E-state index in [1.165, 1.54) is 0 Å². The van der Waals surface area contributed by atoms with E-state index in [1.807, 2.05) is 56.3 Å². The molecule has 2 aromatic carbocycles. The van der Waals surface area contributed by atoms with Gasteiger partial charge in [-0.2, -0.15) is 0 Å². The summed E-state index contributed by atoms with van der Waals surface area (Å²) in [5.74, 6) is 1.68. The average molecular weight is 306 g/mol. The van der Waals surface area contributed by atoms with Crippen molar-refractivity contribution < 1.29 is 4.74 Å². The summed E-state index contributed by atoms with van der Waals surface area (Å²) in [5.41, 5.74) is 8.06. The van der Waals surface area contributed by atoms with E-state index in [2.05, 4.69) is 15.9 Å². The number of hydrogen-bond donors (Lipinski definition) is 1. The molecule has 0 aliphatic rings. The lowest BCUT2D eigenvalue weighted by Gasteiger charge is -2.12. The van der Waals surface area contributed by atoms with E-state index in [9.17, 15) is 0 Å². The van der Waals surface area contributed by atoms with Crippen LogP contribution in [-0.2, 0) is 0 Å². The fraction of sp³-hybridized carbons (Fsp3) is 0.200. The summed E-state index contributed by atoms with van der Waals surface area (Å²) in [5, 5.41) is 0. The molecule has 2 rings (SSSR count). The zero-order chi connectivity index (χ0) is 13.1. The molecule has 0 spiro atoms. The van der Waals surface area contributed by atoms with Crippen LogP contribution in [0.5, 0.6) is 11.5 Å². The predicted octanol–water partition coefficient (Wildman–Crippen LogP) is 4.57. The van der Waals surface area contributed by atoms with Crippen LogP contribution in [-0.4, -0.2) is 0 Å². The van der Waals surface area contributed by atoms with Crippen LogP contribution in [0.2, 0.25) is 0 Å². The molecule has 0 aromatic heterocycles. The maximum Gasteiger partial charge on any atom is 0.130 e. The normalized spacial score (nSPS) is 12.2. The largest absolute Gasteiger partial charge is 0.457 e. The van der Waals surface area contributed by atoms with Crippen molar-refractivity contribution in [2.24, 2.45) is 5.73 Å². The highest BCUT2D eigenvalue weighted by atomic mass is 79.9. The Labute approximate surface area is 116 Å². The van der Waals surface area contributed by atoms with Gasteiger partial charge in [-0.3, -0.25) is 0 Å². The van der Waals surface area contributed by atoms with Gasteiger partial charge in [-0.15, -0.1) is 0 Å². The Hall–Kier alpha value is -1.32. The van der Waals surface area contributed by atoms with Crippen LogP contribution in [0.15, 0.2) is 46.9 Å². The molecule has 0 aliphatic carbocycles. The fourth-order valence-corrected chi connectivity index (χ4v) is 2.46. The van der Waals surface area contributed by atoms with E-state index >= 15 is 0 Å². The number of hydrogen-bond acceptors (Lipinski definition) is 2. The first kappa shape index (κ1) is 13.1. The molecular weight excluding hydrogens is 290 g/mol. The second-order valence-corrected chi connectivity index (χ2v) is 5.19. The number of ether oxygens (including phenoxy) is 1. The van der Waals surface area contributed by atoms with Crippen LogP contribution in [0.1, 0.15) is 24.1 Å². The summed E-state index contributed by atoms with van der Waals surface area (Å²) in [6.45, 7) is 3.99. The minimum atomic E-state index is 0.00638. The predicted molar refractivity (Wildman–Crippen MR) is 78.0 cm³/mol. The molecule has 0 unspecified atom stereocenters. The lowest BCUT2D eigenvalue weighted by Crippen LogP contribution is -2.05. The number of para-hydroxylation sites is 1. The maximum atomic E-state index is 5.87. The van der Waals surface area contributed by atoms with Gasteiger partial charge in [0.1, 0.15) is 11.5 Å². The second kappa shape index (κ2) is 5.55. The molecule has 0 radical (unpaired) electrons. The summed E-state index contributed by atoms with van der Waals surface area (Å²) in [7, 11) is 0. The van der Waals surface area contributed by atoms with Gasteiger partial charge >= 0.3 is 0 Å². The summed E-state index contributed by atoms with van der Waals surface area (Å²) in [6.07, 6.45) is 0. The highest BCUT2D eigenvalue weighted by molar-refractivity contribution is 9.10. The number of rotatable bonds is 3. The Balaban J connectivity index is 2.26. The van der Waals surface area contributed by atoms with E-state index in [0.29, 0.717) is 0 Å². The molecule has 2 nitrogen and oxygen atoms in total. The van der Waals surface area contributed by atoms with Crippen molar-refractivity contribution in [3.8, 4) is 11.5 Å². The lowest BCUT2D eigenvalue weighted by atomic mass is 10.1. The third-order valence-corrected chi connectivity index (χ3v) is 3.47. The quantitative estimate of drug-likeness (QED) is 0.901. The molecule has 0 saturated carbocycles. The van der Waals surface area contributed by atoms with Crippen molar-refractivity contribution in [3.63, 3.8) is 0 Å². The molecule has 0 amide bonds. The molecule has 0 fully saturated rings. The van der Waals surface area contributed by atoms with E-state index in [1.54, 1.807) is 0 Å². The molecule has 94 valence electrons.